The van der Waals surface area contributed by atoms with Crippen LogP contribution in [0.1, 0.15) is 28.4 Å². The smallest absolute Gasteiger partial charge is 0.417 e. The van der Waals surface area contributed by atoms with Crippen LogP contribution in [0, 0.1) is 0 Å². The first-order valence-corrected chi connectivity index (χ1v) is 11.0. The number of pyridine rings is 1. The number of halogens is 3. The summed E-state index contributed by atoms with van der Waals surface area (Å²) in [5.74, 6) is -0.438. The number of hydrogen-bond donors (Lipinski definition) is 1. The van der Waals surface area contributed by atoms with Crippen molar-refractivity contribution in [3.05, 3.63) is 82.4 Å². The quantitative estimate of drug-likeness (QED) is 0.442. The molecule has 4 aromatic rings. The molecule has 10 heteroatoms. The van der Waals surface area contributed by atoms with Crippen LogP contribution in [-0.2, 0) is 10.9 Å². The molecule has 1 unspecified atom stereocenters. The molecule has 5 rings (SSSR count). The molecule has 0 saturated carbocycles. The summed E-state index contributed by atoms with van der Waals surface area (Å²) in [7, 11) is 1.31. The molecule has 0 amide bonds. The van der Waals surface area contributed by atoms with Gasteiger partial charge in [-0.25, -0.2) is 14.6 Å². The molecule has 0 aliphatic carbocycles. The summed E-state index contributed by atoms with van der Waals surface area (Å²) in [5, 5.41) is 3.18. The Hall–Kier alpha value is -3.92. The van der Waals surface area contributed by atoms with Crippen molar-refractivity contribution in [1.82, 2.24) is 19.4 Å². The number of alkyl halides is 3. The van der Waals surface area contributed by atoms with Gasteiger partial charge in [0.1, 0.15) is 0 Å². The first-order valence-electron chi connectivity index (χ1n) is 11.0. The van der Waals surface area contributed by atoms with Gasteiger partial charge >= 0.3 is 17.8 Å². The van der Waals surface area contributed by atoms with Crippen molar-refractivity contribution in [2.45, 2.75) is 18.6 Å². The van der Waals surface area contributed by atoms with Crippen molar-refractivity contribution in [3.8, 4) is 16.8 Å². The molecule has 7 nitrogen and oxygen atoms in total. The third-order valence-electron chi connectivity index (χ3n) is 6.21. The lowest BCUT2D eigenvalue weighted by Gasteiger charge is -2.10. The van der Waals surface area contributed by atoms with E-state index in [2.05, 4.69) is 10.3 Å². The lowest BCUT2D eigenvalue weighted by molar-refractivity contribution is -0.137. The monoisotopic (exact) mass is 482 g/mol. The molecule has 0 spiro atoms. The third-order valence-corrected chi connectivity index (χ3v) is 6.21. The van der Waals surface area contributed by atoms with Gasteiger partial charge < -0.3 is 10.1 Å². The van der Waals surface area contributed by atoms with Crippen molar-refractivity contribution in [3.63, 3.8) is 0 Å². The van der Waals surface area contributed by atoms with Gasteiger partial charge in [0.25, 0.3) is 0 Å². The Bertz CT molecular complexity index is 1450. The molecule has 2 aromatic heterocycles. The average molecular weight is 482 g/mol. The van der Waals surface area contributed by atoms with E-state index in [0.29, 0.717) is 30.8 Å². The Kier molecular flexibility index (Phi) is 5.68. The Morgan fingerprint density at radius 2 is 1.74 bits per heavy atom. The van der Waals surface area contributed by atoms with Gasteiger partial charge in [-0.3, -0.25) is 9.13 Å². The molecule has 1 aliphatic rings. The van der Waals surface area contributed by atoms with Crippen molar-refractivity contribution >= 4 is 17.1 Å². The van der Waals surface area contributed by atoms with Gasteiger partial charge in [-0.2, -0.15) is 13.2 Å². The molecule has 0 bridgehead atoms. The maximum absolute atomic E-state index is 13.5. The topological polar surface area (TPSA) is 78.1 Å². The predicted molar refractivity (Wildman–Crippen MR) is 124 cm³/mol. The minimum Gasteiger partial charge on any atom is -0.465 e. The second kappa shape index (κ2) is 8.70. The molecular formula is C25H21F3N4O3. The molecule has 1 atom stereocenters. The highest BCUT2D eigenvalue weighted by molar-refractivity contribution is 5.90. The van der Waals surface area contributed by atoms with E-state index in [9.17, 15) is 22.8 Å². The highest BCUT2D eigenvalue weighted by atomic mass is 19.4. The number of fused-ring (bicyclic) bond motifs is 1. The van der Waals surface area contributed by atoms with Gasteiger partial charge in [-0.1, -0.05) is 24.3 Å². The van der Waals surface area contributed by atoms with Gasteiger partial charge in [-0.15, -0.1) is 0 Å². The maximum Gasteiger partial charge on any atom is 0.417 e. The standard InChI is InChI=1S/C25H21F3N4O3/c1-35-23(33)17-4-2-15(3-5-17)16-6-8-19(9-7-16)31-21-12-18(25(26,27)28)13-30-22(21)32(24(31)34)20-10-11-29-14-20/h2-9,12-13,20,29H,10-11,14H2,1H3. The Morgan fingerprint density at radius 3 is 2.31 bits per heavy atom. The van der Waals surface area contributed by atoms with Crippen molar-refractivity contribution in [1.29, 1.82) is 0 Å². The van der Waals surface area contributed by atoms with Gasteiger partial charge in [0.15, 0.2) is 5.65 Å². The van der Waals surface area contributed by atoms with E-state index in [-0.39, 0.29) is 17.2 Å². The molecule has 0 radical (unpaired) electrons. The number of aromatic nitrogens is 3. The fourth-order valence-electron chi connectivity index (χ4n) is 4.41. The Morgan fingerprint density at radius 1 is 1.09 bits per heavy atom. The molecule has 35 heavy (non-hydrogen) atoms. The van der Waals surface area contributed by atoms with Crippen LogP contribution in [-0.4, -0.2) is 40.3 Å². The molecule has 2 aromatic carbocycles. The highest BCUT2D eigenvalue weighted by Gasteiger charge is 2.33. The third kappa shape index (κ3) is 4.10. The number of carbonyl (C=O) groups is 1. The zero-order valence-electron chi connectivity index (χ0n) is 18.7. The second-order valence-electron chi connectivity index (χ2n) is 8.31. The van der Waals surface area contributed by atoms with Crippen molar-refractivity contribution < 1.29 is 22.7 Å². The van der Waals surface area contributed by atoms with E-state index in [0.717, 1.165) is 23.4 Å². The van der Waals surface area contributed by atoms with Crippen LogP contribution in [0.2, 0.25) is 0 Å². The van der Waals surface area contributed by atoms with E-state index in [1.54, 1.807) is 48.5 Å². The van der Waals surface area contributed by atoms with Gasteiger partial charge in [0.05, 0.1) is 35.5 Å². The number of benzene rings is 2. The van der Waals surface area contributed by atoms with E-state index in [1.165, 1.54) is 16.2 Å². The summed E-state index contributed by atoms with van der Waals surface area (Å²) in [5.41, 5.74) is 1.47. The molecule has 1 fully saturated rings. The molecule has 180 valence electrons. The van der Waals surface area contributed by atoms with Crippen LogP contribution in [0.15, 0.2) is 65.6 Å². The zero-order valence-corrected chi connectivity index (χ0v) is 18.7. The number of nitrogens with zero attached hydrogens (tertiary/aromatic N) is 3. The fourth-order valence-corrected chi connectivity index (χ4v) is 4.41. The maximum atomic E-state index is 13.5. The Labute approximate surface area is 197 Å². The SMILES string of the molecule is COC(=O)c1ccc(-c2ccc(-n3c(=O)n(C4CCNC4)c4ncc(C(F)(F)F)cc43)cc2)cc1. The summed E-state index contributed by atoms with van der Waals surface area (Å²) in [6.45, 7) is 1.26. The lowest BCUT2D eigenvalue weighted by atomic mass is 10.0. The van der Waals surface area contributed by atoms with Crippen LogP contribution < -0.4 is 11.0 Å². The highest BCUT2D eigenvalue weighted by Crippen LogP contribution is 2.32. The zero-order chi connectivity index (χ0) is 24.7. The number of ether oxygens (including phenoxy) is 1. The van der Waals surface area contributed by atoms with Crippen molar-refractivity contribution in [2.75, 3.05) is 20.2 Å². The largest absolute Gasteiger partial charge is 0.465 e. The van der Waals surface area contributed by atoms with E-state index < -0.39 is 23.4 Å². The fraction of sp³-hybridized carbons (Fsp3) is 0.240. The number of carbonyl (C=O) groups excluding carboxylic acids is 1. The lowest BCUT2D eigenvalue weighted by Crippen LogP contribution is -2.28. The molecular weight excluding hydrogens is 461 g/mol. The van der Waals surface area contributed by atoms with E-state index in [1.807, 2.05) is 0 Å². The van der Waals surface area contributed by atoms with E-state index in [4.69, 9.17) is 4.74 Å². The summed E-state index contributed by atoms with van der Waals surface area (Å²) in [6.07, 6.45) is -3.13. The second-order valence-corrected chi connectivity index (χ2v) is 8.31. The van der Waals surface area contributed by atoms with Crippen molar-refractivity contribution in [2.24, 2.45) is 0 Å². The van der Waals surface area contributed by atoms with Crippen LogP contribution >= 0.6 is 0 Å². The minimum atomic E-state index is -4.58. The first kappa shape index (κ1) is 22.9. The molecule has 1 saturated heterocycles. The summed E-state index contributed by atoms with van der Waals surface area (Å²) >= 11 is 0. The molecule has 3 heterocycles. The van der Waals surface area contributed by atoms with Crippen LogP contribution in [0.25, 0.3) is 28.0 Å². The average Bonchev–Trinajstić information content (AvgIpc) is 3.48. The normalized spacial score (nSPS) is 16.1. The number of nitrogens with one attached hydrogen (secondary N) is 1. The van der Waals surface area contributed by atoms with E-state index >= 15 is 0 Å². The summed E-state index contributed by atoms with van der Waals surface area (Å²) in [6, 6.07) is 14.5. The van der Waals surface area contributed by atoms with Crippen LogP contribution in [0.3, 0.4) is 0 Å². The number of methoxy groups -OCH3 is 1. The first-order chi connectivity index (χ1) is 16.8. The van der Waals surface area contributed by atoms with Crippen LogP contribution in [0.4, 0.5) is 13.2 Å². The molecule has 1 aliphatic heterocycles. The number of imidazole rings is 1. The summed E-state index contributed by atoms with van der Waals surface area (Å²) < 4.78 is 47.7. The summed E-state index contributed by atoms with van der Waals surface area (Å²) in [4.78, 5) is 29.2. The van der Waals surface area contributed by atoms with Gasteiger partial charge in [-0.05, 0) is 54.4 Å². The van der Waals surface area contributed by atoms with Gasteiger partial charge in [0, 0.05) is 12.7 Å². The Balaban J connectivity index is 1.60. The predicted octanol–water partition coefficient (Wildman–Crippen LogP) is 4.19. The molecule has 1 N–H and O–H groups in total. The minimum absolute atomic E-state index is 0.104. The van der Waals surface area contributed by atoms with Gasteiger partial charge in [0.2, 0.25) is 0 Å². The number of esters is 1. The number of rotatable bonds is 4. The number of hydrogen-bond acceptors (Lipinski definition) is 5. The van der Waals surface area contributed by atoms with Crippen LogP contribution in [0.5, 0.6) is 0 Å².